The zero-order valence-corrected chi connectivity index (χ0v) is 17.8. The van der Waals surface area contributed by atoms with Crippen LogP contribution in [0, 0.1) is 23.0 Å². The van der Waals surface area contributed by atoms with E-state index in [-0.39, 0.29) is 12.1 Å². The van der Waals surface area contributed by atoms with E-state index in [1.165, 1.54) is 35.8 Å². The summed E-state index contributed by atoms with van der Waals surface area (Å²) in [5.74, 6) is -1.25. The van der Waals surface area contributed by atoms with E-state index in [1.807, 2.05) is 5.38 Å². The third-order valence-electron chi connectivity index (χ3n) is 5.12. The van der Waals surface area contributed by atoms with Gasteiger partial charge in [0.25, 0.3) is 0 Å². The predicted octanol–water partition coefficient (Wildman–Crippen LogP) is 4.81. The second-order valence-corrected chi connectivity index (χ2v) is 7.81. The quantitative estimate of drug-likeness (QED) is 0.405. The van der Waals surface area contributed by atoms with E-state index >= 15 is 0 Å². The molecule has 0 radical (unpaired) electrons. The van der Waals surface area contributed by atoms with Gasteiger partial charge in [-0.05, 0) is 30.3 Å². The van der Waals surface area contributed by atoms with Crippen molar-refractivity contribution in [3.05, 3.63) is 94.8 Å². The van der Waals surface area contributed by atoms with Gasteiger partial charge in [-0.3, -0.25) is 0 Å². The number of hydrogen-bond donors (Lipinski definition) is 0. The van der Waals surface area contributed by atoms with Crippen molar-refractivity contribution in [3.63, 3.8) is 0 Å². The van der Waals surface area contributed by atoms with Gasteiger partial charge in [0.1, 0.15) is 34.9 Å². The van der Waals surface area contributed by atoms with Crippen LogP contribution < -0.4 is 0 Å². The van der Waals surface area contributed by atoms with Crippen LogP contribution in [0.1, 0.15) is 16.1 Å². The largest absolute Gasteiger partial charge is 0.367 e. The SMILES string of the molecule is C=C(c1nc(-c2ccc(C#N)cc2)cs1)[C@@](Cn1cncn1)(OC)c1cc(F)ccc1F. The van der Waals surface area contributed by atoms with Gasteiger partial charge in [0.05, 0.1) is 23.9 Å². The number of benzene rings is 2. The molecule has 6 nitrogen and oxygen atoms in total. The van der Waals surface area contributed by atoms with Crippen molar-refractivity contribution in [2.75, 3.05) is 7.11 Å². The molecule has 2 heterocycles. The highest BCUT2D eigenvalue weighted by atomic mass is 32.1. The molecule has 9 heteroatoms. The molecule has 0 bridgehead atoms. The molecule has 2 aromatic heterocycles. The molecule has 0 saturated carbocycles. The Labute approximate surface area is 187 Å². The van der Waals surface area contributed by atoms with Crippen LogP contribution in [0.15, 0.2) is 67.1 Å². The van der Waals surface area contributed by atoms with E-state index in [0.29, 0.717) is 21.8 Å². The first-order valence-electron chi connectivity index (χ1n) is 9.46. The van der Waals surface area contributed by atoms with E-state index in [9.17, 15) is 8.78 Å². The number of ether oxygens (including phenoxy) is 1. The molecule has 2 aromatic carbocycles. The van der Waals surface area contributed by atoms with E-state index in [2.05, 4.69) is 27.7 Å². The second kappa shape index (κ2) is 8.78. The van der Waals surface area contributed by atoms with Gasteiger partial charge in [0.15, 0.2) is 0 Å². The third-order valence-corrected chi connectivity index (χ3v) is 6.02. The van der Waals surface area contributed by atoms with Gasteiger partial charge in [0.2, 0.25) is 0 Å². The first-order chi connectivity index (χ1) is 15.5. The summed E-state index contributed by atoms with van der Waals surface area (Å²) in [5, 5.41) is 15.4. The summed E-state index contributed by atoms with van der Waals surface area (Å²) in [4.78, 5) is 8.58. The Hall–Kier alpha value is -3.74. The summed E-state index contributed by atoms with van der Waals surface area (Å²) in [7, 11) is 1.40. The van der Waals surface area contributed by atoms with E-state index < -0.39 is 17.2 Å². The van der Waals surface area contributed by atoms with Gasteiger partial charge < -0.3 is 4.74 Å². The minimum Gasteiger partial charge on any atom is -0.367 e. The topological polar surface area (TPSA) is 76.6 Å². The van der Waals surface area contributed by atoms with E-state index in [1.54, 1.807) is 24.3 Å². The van der Waals surface area contributed by atoms with Crippen LogP contribution in [0.2, 0.25) is 0 Å². The smallest absolute Gasteiger partial charge is 0.142 e. The summed E-state index contributed by atoms with van der Waals surface area (Å²) < 4.78 is 36.3. The Morgan fingerprint density at radius 2 is 2.03 bits per heavy atom. The number of methoxy groups -OCH3 is 1. The van der Waals surface area contributed by atoms with Gasteiger partial charge >= 0.3 is 0 Å². The fraction of sp³-hybridized carbons (Fsp3) is 0.130. The van der Waals surface area contributed by atoms with Gasteiger partial charge in [-0.1, -0.05) is 18.7 Å². The zero-order valence-electron chi connectivity index (χ0n) is 17.0. The van der Waals surface area contributed by atoms with Crippen LogP contribution in [0.3, 0.4) is 0 Å². The average Bonchev–Trinajstić information content (AvgIpc) is 3.51. The normalized spacial score (nSPS) is 12.8. The van der Waals surface area contributed by atoms with Crippen LogP contribution in [-0.2, 0) is 16.9 Å². The van der Waals surface area contributed by atoms with Crippen LogP contribution in [-0.4, -0.2) is 26.9 Å². The van der Waals surface area contributed by atoms with Crippen molar-refractivity contribution in [2.24, 2.45) is 0 Å². The highest BCUT2D eigenvalue weighted by molar-refractivity contribution is 7.11. The molecule has 4 rings (SSSR count). The van der Waals surface area contributed by atoms with Gasteiger partial charge in [-0.15, -0.1) is 11.3 Å². The molecule has 0 N–H and O–H groups in total. The number of hydrogen-bond acceptors (Lipinski definition) is 6. The molecular formula is C23H17F2N5OS. The van der Waals surface area contributed by atoms with Crippen molar-refractivity contribution >= 4 is 16.9 Å². The monoisotopic (exact) mass is 449 g/mol. The fourth-order valence-corrected chi connectivity index (χ4v) is 4.29. The van der Waals surface area contributed by atoms with Crippen molar-refractivity contribution in [1.29, 1.82) is 5.26 Å². The molecule has 0 aliphatic rings. The second-order valence-electron chi connectivity index (χ2n) is 6.95. The van der Waals surface area contributed by atoms with Crippen LogP contribution in [0.4, 0.5) is 8.78 Å². The molecule has 0 aliphatic heterocycles. The van der Waals surface area contributed by atoms with Crippen molar-refractivity contribution in [1.82, 2.24) is 19.7 Å². The standard InChI is InChI=1S/C23H17F2N5OS/c1-15(22-29-21(11-32-22)17-5-3-16(10-26)4-6-17)23(31-2,12-30-14-27-13-28-30)19-9-18(24)7-8-20(19)25/h3-9,11,13-14H,1,12H2,2H3/t23-/m1/s1. The van der Waals surface area contributed by atoms with Crippen LogP contribution in [0.5, 0.6) is 0 Å². The molecule has 0 spiro atoms. The Kier molecular flexibility index (Phi) is 5.90. The lowest BCUT2D eigenvalue weighted by Gasteiger charge is -2.34. The molecule has 4 aromatic rings. The van der Waals surface area contributed by atoms with Crippen molar-refractivity contribution < 1.29 is 13.5 Å². The maximum Gasteiger partial charge on any atom is 0.142 e. The minimum atomic E-state index is -1.49. The number of aromatic nitrogens is 4. The number of thiazole rings is 1. The first-order valence-corrected chi connectivity index (χ1v) is 10.3. The molecule has 0 unspecified atom stereocenters. The lowest BCUT2D eigenvalue weighted by Crippen LogP contribution is -2.36. The highest BCUT2D eigenvalue weighted by Crippen LogP contribution is 2.42. The maximum atomic E-state index is 14.9. The van der Waals surface area contributed by atoms with E-state index in [0.717, 1.165) is 23.8 Å². The van der Waals surface area contributed by atoms with Gasteiger partial charge in [0, 0.05) is 29.2 Å². The molecule has 0 aliphatic carbocycles. The molecule has 32 heavy (non-hydrogen) atoms. The lowest BCUT2D eigenvalue weighted by atomic mass is 9.86. The first kappa shape index (κ1) is 21.5. The molecule has 160 valence electrons. The zero-order chi connectivity index (χ0) is 22.7. The summed E-state index contributed by atoms with van der Waals surface area (Å²) in [6.45, 7) is 4.17. The summed E-state index contributed by atoms with van der Waals surface area (Å²) in [6.07, 6.45) is 2.81. The number of nitriles is 1. The highest BCUT2D eigenvalue weighted by Gasteiger charge is 2.41. The maximum absolute atomic E-state index is 14.9. The Balaban J connectivity index is 1.79. The number of nitrogens with zero attached hydrogens (tertiary/aromatic N) is 5. The number of halogens is 2. The Morgan fingerprint density at radius 3 is 2.69 bits per heavy atom. The van der Waals surface area contributed by atoms with Crippen molar-refractivity contribution in [2.45, 2.75) is 12.1 Å². The van der Waals surface area contributed by atoms with Gasteiger partial charge in [-0.2, -0.15) is 10.4 Å². The van der Waals surface area contributed by atoms with Crippen LogP contribution in [0.25, 0.3) is 16.8 Å². The lowest BCUT2D eigenvalue weighted by molar-refractivity contribution is 0.0174. The summed E-state index contributed by atoms with van der Waals surface area (Å²) in [6, 6.07) is 12.3. The third kappa shape index (κ3) is 3.93. The predicted molar refractivity (Wildman–Crippen MR) is 116 cm³/mol. The summed E-state index contributed by atoms with van der Waals surface area (Å²) in [5.41, 5.74) is 0.873. The average molecular weight is 449 g/mol. The van der Waals surface area contributed by atoms with Gasteiger partial charge in [-0.25, -0.2) is 23.4 Å². The van der Waals surface area contributed by atoms with Crippen LogP contribution >= 0.6 is 11.3 Å². The molecular weight excluding hydrogens is 432 g/mol. The Morgan fingerprint density at radius 1 is 1.25 bits per heavy atom. The molecule has 0 saturated heterocycles. The Bertz CT molecular complexity index is 1290. The molecule has 0 amide bonds. The molecule has 0 fully saturated rings. The minimum absolute atomic E-state index is 0.00842. The fourth-order valence-electron chi connectivity index (χ4n) is 3.42. The summed E-state index contributed by atoms with van der Waals surface area (Å²) >= 11 is 1.30. The van der Waals surface area contributed by atoms with E-state index in [4.69, 9.17) is 10.00 Å². The number of rotatable bonds is 7. The molecule has 1 atom stereocenters. The van der Waals surface area contributed by atoms with Crippen molar-refractivity contribution in [3.8, 4) is 17.3 Å².